The van der Waals surface area contributed by atoms with E-state index in [1.807, 2.05) is 13.8 Å². The van der Waals surface area contributed by atoms with Crippen molar-refractivity contribution in [3.63, 3.8) is 0 Å². The molecule has 1 fully saturated rings. The minimum atomic E-state index is -0.926. The van der Waals surface area contributed by atoms with E-state index in [4.69, 9.17) is 9.84 Å². The third-order valence-electron chi connectivity index (χ3n) is 4.09. The quantitative estimate of drug-likeness (QED) is 0.600. The average molecular weight is 328 g/mol. The van der Waals surface area contributed by atoms with Crippen LogP contribution in [0.15, 0.2) is 0 Å². The van der Waals surface area contributed by atoms with Gasteiger partial charge in [0.1, 0.15) is 0 Å². The summed E-state index contributed by atoms with van der Waals surface area (Å²) < 4.78 is 5.28. The van der Waals surface area contributed by atoms with Crippen LogP contribution in [0.3, 0.4) is 0 Å². The molecule has 1 N–H and O–H groups in total. The van der Waals surface area contributed by atoms with Gasteiger partial charge in [0.05, 0.1) is 11.8 Å². The summed E-state index contributed by atoms with van der Waals surface area (Å²) in [7, 11) is 0. The molecule has 0 saturated carbocycles. The van der Waals surface area contributed by atoms with Crippen LogP contribution < -0.4 is 0 Å². The topological polar surface area (TPSA) is 87.1 Å². The number of carbonyl (C=O) groups is 3. The number of carboxylic acid groups (broad SMARTS) is 1. The first-order chi connectivity index (χ1) is 10.9. The van der Waals surface area contributed by atoms with Crippen molar-refractivity contribution in [1.82, 2.24) is 9.80 Å². The SMILES string of the molecule is CCOCCCN(CC(C)C(=O)O)C(=O)C1CC(=O)N(CC)C1. The highest BCUT2D eigenvalue weighted by Crippen LogP contribution is 2.20. The first kappa shape index (κ1) is 19.4. The average Bonchev–Trinajstić information content (AvgIpc) is 2.90. The van der Waals surface area contributed by atoms with E-state index in [-0.39, 0.29) is 30.7 Å². The fraction of sp³-hybridized carbons (Fsp3) is 0.812. The number of nitrogens with zero attached hydrogens (tertiary/aromatic N) is 2. The summed E-state index contributed by atoms with van der Waals surface area (Å²) in [6.07, 6.45) is 0.875. The van der Waals surface area contributed by atoms with Gasteiger partial charge in [0.15, 0.2) is 0 Å². The summed E-state index contributed by atoms with van der Waals surface area (Å²) in [6.45, 7) is 8.16. The molecule has 23 heavy (non-hydrogen) atoms. The molecule has 2 amide bonds. The van der Waals surface area contributed by atoms with Gasteiger partial charge in [-0.15, -0.1) is 0 Å². The summed E-state index contributed by atoms with van der Waals surface area (Å²) in [5.41, 5.74) is 0. The van der Waals surface area contributed by atoms with Crippen LogP contribution in [0.25, 0.3) is 0 Å². The van der Waals surface area contributed by atoms with Crippen molar-refractivity contribution >= 4 is 17.8 Å². The summed E-state index contributed by atoms with van der Waals surface area (Å²) in [5.74, 6) is -2.06. The number of amides is 2. The number of rotatable bonds is 10. The van der Waals surface area contributed by atoms with E-state index in [1.165, 1.54) is 0 Å². The van der Waals surface area contributed by atoms with Crippen LogP contribution in [-0.2, 0) is 19.1 Å². The maximum atomic E-state index is 12.7. The molecule has 7 nitrogen and oxygen atoms in total. The lowest BCUT2D eigenvalue weighted by Crippen LogP contribution is -2.42. The Morgan fingerprint density at radius 3 is 2.65 bits per heavy atom. The minimum absolute atomic E-state index is 0.00796. The van der Waals surface area contributed by atoms with E-state index in [1.54, 1.807) is 16.7 Å². The lowest BCUT2D eigenvalue weighted by Gasteiger charge is -2.27. The van der Waals surface area contributed by atoms with Crippen molar-refractivity contribution in [2.24, 2.45) is 11.8 Å². The molecule has 0 radical (unpaired) electrons. The van der Waals surface area contributed by atoms with Gasteiger partial charge in [0.25, 0.3) is 0 Å². The Morgan fingerprint density at radius 2 is 2.13 bits per heavy atom. The number of hydrogen-bond acceptors (Lipinski definition) is 4. The van der Waals surface area contributed by atoms with Gasteiger partial charge in [-0.2, -0.15) is 0 Å². The minimum Gasteiger partial charge on any atom is -0.481 e. The molecular weight excluding hydrogens is 300 g/mol. The summed E-state index contributed by atoms with van der Waals surface area (Å²) >= 11 is 0. The molecule has 1 aliphatic heterocycles. The molecule has 1 aliphatic rings. The second-order valence-electron chi connectivity index (χ2n) is 5.91. The summed E-state index contributed by atoms with van der Waals surface area (Å²) in [6, 6.07) is 0. The molecule has 1 heterocycles. The number of carboxylic acids is 1. The van der Waals surface area contributed by atoms with Crippen LogP contribution in [0.1, 0.15) is 33.6 Å². The number of aliphatic carboxylic acids is 1. The predicted octanol–water partition coefficient (Wildman–Crippen LogP) is 0.831. The van der Waals surface area contributed by atoms with Crippen LogP contribution in [-0.4, -0.2) is 72.1 Å². The first-order valence-electron chi connectivity index (χ1n) is 8.27. The van der Waals surface area contributed by atoms with Crippen LogP contribution in [0, 0.1) is 11.8 Å². The molecule has 1 saturated heterocycles. The second kappa shape index (κ2) is 9.50. The molecule has 0 aliphatic carbocycles. The van der Waals surface area contributed by atoms with Crippen molar-refractivity contribution in [2.45, 2.75) is 33.6 Å². The second-order valence-corrected chi connectivity index (χ2v) is 5.91. The monoisotopic (exact) mass is 328 g/mol. The van der Waals surface area contributed by atoms with Gasteiger partial charge < -0.3 is 19.6 Å². The maximum absolute atomic E-state index is 12.7. The van der Waals surface area contributed by atoms with Gasteiger partial charge >= 0.3 is 5.97 Å². The molecular formula is C16H28N2O5. The van der Waals surface area contributed by atoms with Gasteiger partial charge in [-0.1, -0.05) is 6.92 Å². The number of carbonyl (C=O) groups excluding carboxylic acids is 2. The van der Waals surface area contributed by atoms with Gasteiger partial charge in [-0.05, 0) is 20.3 Å². The fourth-order valence-corrected chi connectivity index (χ4v) is 2.70. The van der Waals surface area contributed by atoms with Crippen molar-refractivity contribution in [3.05, 3.63) is 0 Å². The fourth-order valence-electron chi connectivity index (χ4n) is 2.70. The molecule has 2 atom stereocenters. The van der Waals surface area contributed by atoms with E-state index in [0.29, 0.717) is 39.3 Å². The van der Waals surface area contributed by atoms with E-state index in [9.17, 15) is 14.4 Å². The molecule has 0 aromatic rings. The zero-order chi connectivity index (χ0) is 17.4. The highest BCUT2D eigenvalue weighted by molar-refractivity contribution is 5.89. The van der Waals surface area contributed by atoms with Crippen LogP contribution >= 0.6 is 0 Å². The molecule has 0 aromatic heterocycles. The Bertz CT molecular complexity index is 427. The third kappa shape index (κ3) is 5.82. The maximum Gasteiger partial charge on any atom is 0.308 e. The molecule has 0 bridgehead atoms. The van der Waals surface area contributed by atoms with Gasteiger partial charge in [0.2, 0.25) is 11.8 Å². The van der Waals surface area contributed by atoms with Gasteiger partial charge in [0, 0.05) is 45.8 Å². The van der Waals surface area contributed by atoms with E-state index < -0.39 is 11.9 Å². The van der Waals surface area contributed by atoms with E-state index in [0.717, 1.165) is 0 Å². The molecule has 0 aromatic carbocycles. The van der Waals surface area contributed by atoms with Crippen molar-refractivity contribution in [3.8, 4) is 0 Å². The smallest absolute Gasteiger partial charge is 0.308 e. The Hall–Kier alpha value is -1.63. The van der Waals surface area contributed by atoms with Crippen molar-refractivity contribution in [1.29, 1.82) is 0 Å². The van der Waals surface area contributed by atoms with Crippen molar-refractivity contribution < 1.29 is 24.2 Å². The first-order valence-corrected chi connectivity index (χ1v) is 8.27. The number of likely N-dealkylation sites (tertiary alicyclic amines) is 1. The van der Waals surface area contributed by atoms with Crippen LogP contribution in [0.4, 0.5) is 0 Å². The molecule has 2 unspecified atom stereocenters. The largest absolute Gasteiger partial charge is 0.481 e. The number of hydrogen-bond donors (Lipinski definition) is 1. The Morgan fingerprint density at radius 1 is 1.43 bits per heavy atom. The predicted molar refractivity (Wildman–Crippen MR) is 84.9 cm³/mol. The van der Waals surface area contributed by atoms with Crippen LogP contribution in [0.5, 0.6) is 0 Å². The molecule has 1 rings (SSSR count). The van der Waals surface area contributed by atoms with E-state index >= 15 is 0 Å². The molecule has 0 spiro atoms. The lowest BCUT2D eigenvalue weighted by atomic mass is 10.1. The van der Waals surface area contributed by atoms with Crippen molar-refractivity contribution in [2.75, 3.05) is 39.4 Å². The Balaban J connectivity index is 2.67. The van der Waals surface area contributed by atoms with Gasteiger partial charge in [-0.3, -0.25) is 14.4 Å². The standard InChI is InChI=1S/C16H28N2O5/c1-4-17-11-13(9-14(17)19)15(20)18(7-6-8-23-5-2)10-12(3)16(21)22/h12-13H,4-11H2,1-3H3,(H,21,22). The Labute approximate surface area is 137 Å². The molecule has 7 heteroatoms. The highest BCUT2D eigenvalue weighted by atomic mass is 16.5. The molecule has 132 valence electrons. The normalized spacial score (nSPS) is 19.0. The van der Waals surface area contributed by atoms with Crippen LogP contribution in [0.2, 0.25) is 0 Å². The van der Waals surface area contributed by atoms with E-state index in [2.05, 4.69) is 0 Å². The van der Waals surface area contributed by atoms with Gasteiger partial charge in [-0.25, -0.2) is 0 Å². The lowest BCUT2D eigenvalue weighted by molar-refractivity contribution is -0.144. The Kier molecular flexibility index (Phi) is 8.02. The third-order valence-corrected chi connectivity index (χ3v) is 4.09. The zero-order valence-electron chi connectivity index (χ0n) is 14.3. The highest BCUT2D eigenvalue weighted by Gasteiger charge is 2.36. The summed E-state index contributed by atoms with van der Waals surface area (Å²) in [4.78, 5) is 38.8. The zero-order valence-corrected chi connectivity index (χ0v) is 14.3. The number of ether oxygens (including phenoxy) is 1. The summed E-state index contributed by atoms with van der Waals surface area (Å²) in [5, 5.41) is 9.08.